The van der Waals surface area contributed by atoms with Crippen molar-refractivity contribution in [3.63, 3.8) is 0 Å². The minimum Gasteiger partial charge on any atom is -0.373 e. The molecule has 0 bridgehead atoms. The Hall–Kier alpha value is -0.120. The van der Waals surface area contributed by atoms with Gasteiger partial charge in [-0.1, -0.05) is 12.8 Å². The molecule has 1 heterocycles. The zero-order valence-corrected chi connectivity index (χ0v) is 12.2. The summed E-state index contributed by atoms with van der Waals surface area (Å²) in [7, 11) is 0. The van der Waals surface area contributed by atoms with Crippen molar-refractivity contribution in [1.82, 2.24) is 10.2 Å². The Morgan fingerprint density at radius 3 is 2.33 bits per heavy atom. The molecule has 18 heavy (non-hydrogen) atoms. The van der Waals surface area contributed by atoms with Crippen LogP contribution in [0.1, 0.15) is 52.4 Å². The summed E-state index contributed by atoms with van der Waals surface area (Å²) in [5.41, 5.74) is 0. The number of hydrogen-bond acceptors (Lipinski definition) is 3. The first-order valence-corrected chi connectivity index (χ1v) is 7.85. The van der Waals surface area contributed by atoms with Gasteiger partial charge in [0.2, 0.25) is 0 Å². The number of morpholine rings is 1. The van der Waals surface area contributed by atoms with E-state index in [9.17, 15) is 0 Å². The maximum Gasteiger partial charge on any atom is 0.0678 e. The van der Waals surface area contributed by atoms with E-state index in [2.05, 4.69) is 24.1 Å². The topological polar surface area (TPSA) is 24.5 Å². The Bertz CT molecular complexity index is 221. The summed E-state index contributed by atoms with van der Waals surface area (Å²) in [4.78, 5) is 2.57. The van der Waals surface area contributed by atoms with Crippen molar-refractivity contribution in [2.24, 2.45) is 0 Å². The number of unbranched alkanes of at least 4 members (excludes halogenated alkanes) is 3. The van der Waals surface area contributed by atoms with E-state index in [1.54, 1.807) is 0 Å². The van der Waals surface area contributed by atoms with Crippen LogP contribution in [-0.4, -0.2) is 49.3 Å². The normalized spacial score (nSPS) is 29.7. The Balaban J connectivity index is 1.42. The highest BCUT2D eigenvalue weighted by Gasteiger charge is 2.21. The number of hydrogen-bond donors (Lipinski definition) is 1. The van der Waals surface area contributed by atoms with E-state index in [1.807, 2.05) is 0 Å². The second kappa shape index (κ2) is 7.46. The van der Waals surface area contributed by atoms with Crippen LogP contribution in [0.4, 0.5) is 0 Å². The molecule has 2 aliphatic rings. The molecule has 1 aliphatic heterocycles. The molecule has 3 nitrogen and oxygen atoms in total. The molecule has 0 aromatic heterocycles. The molecule has 1 aliphatic carbocycles. The van der Waals surface area contributed by atoms with E-state index in [0.717, 1.165) is 19.1 Å². The molecule has 0 amide bonds. The summed E-state index contributed by atoms with van der Waals surface area (Å²) < 4.78 is 5.75. The van der Waals surface area contributed by atoms with E-state index in [1.165, 1.54) is 51.6 Å². The van der Waals surface area contributed by atoms with Gasteiger partial charge in [-0.3, -0.25) is 4.90 Å². The summed E-state index contributed by atoms with van der Waals surface area (Å²) in [6.45, 7) is 9.10. The van der Waals surface area contributed by atoms with Gasteiger partial charge in [-0.15, -0.1) is 0 Å². The minimum absolute atomic E-state index is 0.413. The van der Waals surface area contributed by atoms with Crippen molar-refractivity contribution >= 4 is 0 Å². The van der Waals surface area contributed by atoms with Gasteiger partial charge < -0.3 is 10.1 Å². The van der Waals surface area contributed by atoms with E-state index < -0.39 is 0 Å². The maximum absolute atomic E-state index is 5.75. The van der Waals surface area contributed by atoms with Crippen LogP contribution in [0.25, 0.3) is 0 Å². The number of rotatable bonds is 8. The van der Waals surface area contributed by atoms with Crippen LogP contribution < -0.4 is 5.32 Å². The molecular formula is C15H30N2O. The first kappa shape index (κ1) is 14.3. The van der Waals surface area contributed by atoms with Crippen LogP contribution >= 0.6 is 0 Å². The third-order valence-electron chi connectivity index (χ3n) is 3.91. The molecule has 106 valence electrons. The molecule has 1 N–H and O–H groups in total. The van der Waals surface area contributed by atoms with E-state index >= 15 is 0 Å². The average molecular weight is 254 g/mol. The van der Waals surface area contributed by atoms with Gasteiger partial charge in [0.15, 0.2) is 0 Å². The van der Waals surface area contributed by atoms with Gasteiger partial charge in [-0.05, 0) is 52.6 Å². The first-order valence-electron chi connectivity index (χ1n) is 7.85. The van der Waals surface area contributed by atoms with Gasteiger partial charge >= 0.3 is 0 Å². The number of nitrogens with zero attached hydrogens (tertiary/aromatic N) is 1. The molecule has 2 rings (SSSR count). The van der Waals surface area contributed by atoms with Crippen molar-refractivity contribution in [3.8, 4) is 0 Å². The van der Waals surface area contributed by atoms with Gasteiger partial charge in [0.25, 0.3) is 0 Å². The molecule has 3 heteroatoms. The molecule has 2 fully saturated rings. The third kappa shape index (κ3) is 5.68. The fraction of sp³-hybridized carbons (Fsp3) is 1.00. The fourth-order valence-corrected chi connectivity index (χ4v) is 2.87. The third-order valence-corrected chi connectivity index (χ3v) is 3.91. The lowest BCUT2D eigenvalue weighted by atomic mass is 10.1. The predicted octanol–water partition coefficient (Wildman–Crippen LogP) is 2.41. The second-order valence-corrected chi connectivity index (χ2v) is 6.16. The van der Waals surface area contributed by atoms with Crippen LogP contribution in [0.5, 0.6) is 0 Å². The van der Waals surface area contributed by atoms with Gasteiger partial charge in [0, 0.05) is 19.1 Å². The molecule has 0 aromatic rings. The molecule has 2 unspecified atom stereocenters. The quantitative estimate of drug-likeness (QED) is 0.673. The second-order valence-electron chi connectivity index (χ2n) is 6.16. The SMILES string of the molecule is CC1CN(CCCCCCNC2CC2)CC(C)O1. The molecule has 1 saturated heterocycles. The van der Waals surface area contributed by atoms with Crippen molar-refractivity contribution in [1.29, 1.82) is 0 Å². The van der Waals surface area contributed by atoms with Crippen LogP contribution in [0.15, 0.2) is 0 Å². The van der Waals surface area contributed by atoms with Gasteiger partial charge in [0.1, 0.15) is 0 Å². The number of ether oxygens (including phenoxy) is 1. The van der Waals surface area contributed by atoms with Crippen molar-refractivity contribution < 1.29 is 4.74 Å². The molecule has 1 saturated carbocycles. The molecule has 0 radical (unpaired) electrons. The smallest absolute Gasteiger partial charge is 0.0678 e. The summed E-state index contributed by atoms with van der Waals surface area (Å²) in [5.74, 6) is 0. The van der Waals surface area contributed by atoms with Crippen molar-refractivity contribution in [3.05, 3.63) is 0 Å². The lowest BCUT2D eigenvalue weighted by molar-refractivity contribution is -0.0681. The average Bonchev–Trinajstić information content (AvgIpc) is 3.10. The first-order chi connectivity index (χ1) is 8.74. The highest BCUT2D eigenvalue weighted by atomic mass is 16.5. The standard InChI is InChI=1S/C15H30N2O/c1-13-11-17(12-14(2)18-13)10-6-4-3-5-9-16-15-7-8-15/h13-16H,3-12H2,1-2H3. The lowest BCUT2D eigenvalue weighted by Gasteiger charge is -2.35. The van der Waals surface area contributed by atoms with Gasteiger partial charge in [-0.2, -0.15) is 0 Å². The van der Waals surface area contributed by atoms with Crippen molar-refractivity contribution in [2.75, 3.05) is 26.2 Å². The van der Waals surface area contributed by atoms with Crippen LogP contribution in [-0.2, 0) is 4.74 Å². The minimum atomic E-state index is 0.413. The molecule has 0 aromatic carbocycles. The van der Waals surface area contributed by atoms with Crippen LogP contribution in [0, 0.1) is 0 Å². The van der Waals surface area contributed by atoms with E-state index in [-0.39, 0.29) is 0 Å². The maximum atomic E-state index is 5.75. The van der Waals surface area contributed by atoms with E-state index in [4.69, 9.17) is 4.74 Å². The Morgan fingerprint density at radius 2 is 1.67 bits per heavy atom. The Morgan fingerprint density at radius 1 is 1.00 bits per heavy atom. The van der Waals surface area contributed by atoms with Crippen LogP contribution in [0.3, 0.4) is 0 Å². The zero-order valence-electron chi connectivity index (χ0n) is 12.2. The summed E-state index contributed by atoms with van der Waals surface area (Å²) in [6.07, 6.45) is 9.12. The molecule has 2 atom stereocenters. The summed E-state index contributed by atoms with van der Waals surface area (Å²) in [6, 6.07) is 0.876. The predicted molar refractivity (Wildman–Crippen MR) is 75.9 cm³/mol. The zero-order chi connectivity index (χ0) is 12.8. The van der Waals surface area contributed by atoms with Crippen molar-refractivity contribution in [2.45, 2.75) is 70.6 Å². The Kier molecular flexibility index (Phi) is 5.93. The summed E-state index contributed by atoms with van der Waals surface area (Å²) >= 11 is 0. The van der Waals surface area contributed by atoms with E-state index in [0.29, 0.717) is 12.2 Å². The van der Waals surface area contributed by atoms with Crippen LogP contribution in [0.2, 0.25) is 0 Å². The molecular weight excluding hydrogens is 224 g/mol. The van der Waals surface area contributed by atoms with Gasteiger partial charge in [0.05, 0.1) is 12.2 Å². The largest absolute Gasteiger partial charge is 0.373 e. The van der Waals surface area contributed by atoms with Gasteiger partial charge in [-0.25, -0.2) is 0 Å². The highest BCUT2D eigenvalue weighted by Crippen LogP contribution is 2.18. The number of nitrogens with one attached hydrogen (secondary N) is 1. The lowest BCUT2D eigenvalue weighted by Crippen LogP contribution is -2.45. The monoisotopic (exact) mass is 254 g/mol. The summed E-state index contributed by atoms with van der Waals surface area (Å²) in [5, 5.41) is 3.58. The fourth-order valence-electron chi connectivity index (χ4n) is 2.87. The highest BCUT2D eigenvalue weighted by molar-refractivity contribution is 4.80. The Labute approximate surface area is 112 Å². The molecule has 0 spiro atoms.